The second kappa shape index (κ2) is 4.99. The first-order chi connectivity index (χ1) is 8.04. The summed E-state index contributed by atoms with van der Waals surface area (Å²) in [7, 11) is 0. The Hall–Kier alpha value is -0.540. The molecule has 1 aliphatic rings. The van der Waals surface area contributed by atoms with Gasteiger partial charge in [-0.25, -0.2) is 0 Å². The van der Waals surface area contributed by atoms with E-state index >= 15 is 0 Å². The minimum absolute atomic E-state index is 0.275. The Kier molecular flexibility index (Phi) is 3.79. The molecule has 1 heterocycles. The van der Waals surface area contributed by atoms with Crippen molar-refractivity contribution in [2.24, 2.45) is 5.73 Å². The van der Waals surface area contributed by atoms with Crippen LogP contribution in [0.4, 0.5) is 5.69 Å². The van der Waals surface area contributed by atoms with E-state index in [1.165, 1.54) is 24.1 Å². The highest BCUT2D eigenvalue weighted by atomic mass is 79.9. The Morgan fingerprint density at radius 3 is 2.76 bits per heavy atom. The van der Waals surface area contributed by atoms with Crippen LogP contribution in [0.15, 0.2) is 22.7 Å². The number of nitrogens with two attached hydrogens (primary N) is 1. The van der Waals surface area contributed by atoms with Gasteiger partial charge in [0.05, 0.1) is 0 Å². The molecule has 1 fully saturated rings. The third-order valence-corrected chi connectivity index (χ3v) is 4.14. The Morgan fingerprint density at radius 1 is 1.41 bits per heavy atom. The highest BCUT2D eigenvalue weighted by molar-refractivity contribution is 9.10. The number of rotatable bonds is 3. The minimum atomic E-state index is 0.275. The van der Waals surface area contributed by atoms with E-state index in [0.717, 1.165) is 17.4 Å². The molecule has 1 aromatic carbocycles. The topological polar surface area (TPSA) is 29.3 Å². The minimum Gasteiger partial charge on any atom is -0.366 e. The van der Waals surface area contributed by atoms with Crippen LogP contribution >= 0.6 is 15.9 Å². The summed E-state index contributed by atoms with van der Waals surface area (Å²) in [5.41, 5.74) is 8.71. The monoisotopic (exact) mass is 296 g/mol. The van der Waals surface area contributed by atoms with Crippen molar-refractivity contribution in [1.82, 2.24) is 0 Å². The predicted octanol–water partition coefficient (Wildman–Crippen LogP) is 3.33. The van der Waals surface area contributed by atoms with Gasteiger partial charge in [0.15, 0.2) is 0 Å². The zero-order valence-corrected chi connectivity index (χ0v) is 12.3. The molecular formula is C14H21BrN2. The molecule has 0 saturated carbocycles. The van der Waals surface area contributed by atoms with Gasteiger partial charge in [0, 0.05) is 22.2 Å². The molecule has 2 N–H and O–H groups in total. The van der Waals surface area contributed by atoms with Crippen LogP contribution in [-0.2, 0) is 6.42 Å². The normalized spacial score (nSPS) is 18.7. The van der Waals surface area contributed by atoms with Crippen LogP contribution < -0.4 is 10.6 Å². The van der Waals surface area contributed by atoms with Crippen molar-refractivity contribution in [2.45, 2.75) is 38.6 Å². The lowest BCUT2D eigenvalue weighted by Crippen LogP contribution is -2.38. The fourth-order valence-electron chi connectivity index (χ4n) is 2.73. The summed E-state index contributed by atoms with van der Waals surface area (Å²) in [6.45, 7) is 6.52. The van der Waals surface area contributed by atoms with E-state index < -0.39 is 0 Å². The number of anilines is 1. The lowest BCUT2D eigenvalue weighted by atomic mass is 10.00. The number of hydrogen-bond donors (Lipinski definition) is 1. The fourth-order valence-corrected chi connectivity index (χ4v) is 3.14. The number of nitrogens with zero attached hydrogens (tertiary/aromatic N) is 1. The first-order valence-corrected chi connectivity index (χ1v) is 7.10. The van der Waals surface area contributed by atoms with Crippen LogP contribution in [0.2, 0.25) is 0 Å². The lowest BCUT2D eigenvalue weighted by molar-refractivity contribution is 0.517. The third-order valence-electron chi connectivity index (χ3n) is 3.65. The van der Waals surface area contributed by atoms with E-state index in [1.807, 2.05) is 0 Å². The second-order valence-corrected chi connectivity index (χ2v) is 6.30. The first kappa shape index (κ1) is 12.9. The van der Waals surface area contributed by atoms with Gasteiger partial charge >= 0.3 is 0 Å². The van der Waals surface area contributed by atoms with Gasteiger partial charge in [-0.3, -0.25) is 0 Å². The average molecular weight is 297 g/mol. The Bertz CT molecular complexity index is 401. The molecule has 2 nitrogen and oxygen atoms in total. The summed E-state index contributed by atoms with van der Waals surface area (Å²) in [5.74, 6) is 0. The van der Waals surface area contributed by atoms with E-state index in [1.54, 1.807) is 0 Å². The molecule has 0 aliphatic carbocycles. The van der Waals surface area contributed by atoms with E-state index in [9.17, 15) is 0 Å². The van der Waals surface area contributed by atoms with Gasteiger partial charge in [0.2, 0.25) is 0 Å². The van der Waals surface area contributed by atoms with E-state index in [-0.39, 0.29) is 5.54 Å². The van der Waals surface area contributed by atoms with Crippen LogP contribution in [-0.4, -0.2) is 18.6 Å². The number of benzene rings is 1. The Balaban J connectivity index is 2.37. The maximum atomic E-state index is 5.71. The summed E-state index contributed by atoms with van der Waals surface area (Å²) in [4.78, 5) is 2.53. The molecule has 0 aromatic heterocycles. The highest BCUT2D eigenvalue weighted by Crippen LogP contribution is 2.36. The predicted molar refractivity (Wildman–Crippen MR) is 77.6 cm³/mol. The van der Waals surface area contributed by atoms with Crippen LogP contribution in [0.3, 0.4) is 0 Å². The van der Waals surface area contributed by atoms with Gasteiger partial charge in [0.1, 0.15) is 0 Å². The highest BCUT2D eigenvalue weighted by Gasteiger charge is 2.32. The van der Waals surface area contributed by atoms with Gasteiger partial charge in [-0.1, -0.05) is 15.9 Å². The Morgan fingerprint density at radius 2 is 2.18 bits per heavy atom. The Labute approximate surface area is 112 Å². The van der Waals surface area contributed by atoms with Crippen LogP contribution in [0.25, 0.3) is 0 Å². The van der Waals surface area contributed by atoms with E-state index in [0.29, 0.717) is 6.54 Å². The molecule has 0 unspecified atom stereocenters. The molecule has 1 saturated heterocycles. The maximum absolute atomic E-state index is 5.71. The first-order valence-electron chi connectivity index (χ1n) is 6.31. The summed E-state index contributed by atoms with van der Waals surface area (Å²) in [6.07, 6.45) is 3.50. The average Bonchev–Trinajstić information content (AvgIpc) is 2.59. The van der Waals surface area contributed by atoms with Gasteiger partial charge in [-0.2, -0.15) is 0 Å². The van der Waals surface area contributed by atoms with Crippen molar-refractivity contribution in [3.63, 3.8) is 0 Å². The molecule has 0 bridgehead atoms. The largest absolute Gasteiger partial charge is 0.366 e. The lowest BCUT2D eigenvalue weighted by Gasteiger charge is -2.35. The molecule has 3 heteroatoms. The van der Waals surface area contributed by atoms with E-state index in [2.05, 4.69) is 52.9 Å². The summed E-state index contributed by atoms with van der Waals surface area (Å²) in [5, 5.41) is 0. The maximum Gasteiger partial charge on any atom is 0.0404 e. The SMILES string of the molecule is CC1(C)CCCN1c1ccc(Br)cc1CCN. The summed E-state index contributed by atoms with van der Waals surface area (Å²) >= 11 is 3.54. The molecule has 17 heavy (non-hydrogen) atoms. The second-order valence-electron chi connectivity index (χ2n) is 5.38. The molecule has 1 aromatic rings. The molecule has 0 radical (unpaired) electrons. The van der Waals surface area contributed by atoms with Crippen molar-refractivity contribution in [1.29, 1.82) is 0 Å². The van der Waals surface area contributed by atoms with Crippen LogP contribution in [0.1, 0.15) is 32.3 Å². The molecule has 94 valence electrons. The van der Waals surface area contributed by atoms with Crippen LogP contribution in [0, 0.1) is 0 Å². The van der Waals surface area contributed by atoms with E-state index in [4.69, 9.17) is 5.73 Å². The third kappa shape index (κ3) is 2.66. The van der Waals surface area contributed by atoms with Crippen molar-refractivity contribution in [2.75, 3.05) is 18.0 Å². The van der Waals surface area contributed by atoms with Gasteiger partial charge in [-0.15, -0.1) is 0 Å². The smallest absolute Gasteiger partial charge is 0.0404 e. The van der Waals surface area contributed by atoms with Crippen molar-refractivity contribution < 1.29 is 0 Å². The zero-order chi connectivity index (χ0) is 12.5. The van der Waals surface area contributed by atoms with Crippen LogP contribution in [0.5, 0.6) is 0 Å². The molecule has 2 rings (SSSR count). The fraction of sp³-hybridized carbons (Fsp3) is 0.571. The summed E-state index contributed by atoms with van der Waals surface area (Å²) < 4.78 is 1.14. The zero-order valence-electron chi connectivity index (χ0n) is 10.7. The summed E-state index contributed by atoms with van der Waals surface area (Å²) in [6, 6.07) is 6.56. The van der Waals surface area contributed by atoms with Crippen molar-refractivity contribution in [3.05, 3.63) is 28.2 Å². The van der Waals surface area contributed by atoms with Crippen molar-refractivity contribution >= 4 is 21.6 Å². The quantitative estimate of drug-likeness (QED) is 0.927. The molecule has 0 spiro atoms. The molecule has 1 aliphatic heterocycles. The standard InChI is InChI=1S/C14H21BrN2/c1-14(2)7-3-9-17(14)13-5-4-12(15)10-11(13)6-8-16/h4-5,10H,3,6-9,16H2,1-2H3. The van der Waals surface area contributed by atoms with Gasteiger partial charge in [0.25, 0.3) is 0 Å². The number of hydrogen-bond acceptors (Lipinski definition) is 2. The molecule has 0 amide bonds. The van der Waals surface area contributed by atoms with Gasteiger partial charge < -0.3 is 10.6 Å². The molecular weight excluding hydrogens is 276 g/mol. The number of halogens is 1. The van der Waals surface area contributed by atoms with Crippen molar-refractivity contribution in [3.8, 4) is 0 Å². The molecule has 0 atom stereocenters. The van der Waals surface area contributed by atoms with Gasteiger partial charge in [-0.05, 0) is 63.4 Å².